The average molecular weight is 347 g/mol. The van der Waals surface area contributed by atoms with Crippen molar-refractivity contribution in [1.29, 1.82) is 5.26 Å². The summed E-state index contributed by atoms with van der Waals surface area (Å²) in [5.74, 6) is 0.253. The summed E-state index contributed by atoms with van der Waals surface area (Å²) < 4.78 is 0. The largest absolute Gasteiger partial charge is 0.340 e. The minimum absolute atomic E-state index is 0.253. The van der Waals surface area contributed by atoms with E-state index in [-0.39, 0.29) is 5.91 Å². The van der Waals surface area contributed by atoms with Crippen LogP contribution in [0.25, 0.3) is 0 Å². The number of nitrogens with zero attached hydrogens (tertiary/aromatic N) is 3. The van der Waals surface area contributed by atoms with Crippen molar-refractivity contribution in [3.8, 4) is 6.07 Å². The van der Waals surface area contributed by atoms with Gasteiger partial charge in [0.2, 0.25) is 5.91 Å². The zero-order valence-corrected chi connectivity index (χ0v) is 15.3. The van der Waals surface area contributed by atoms with E-state index in [9.17, 15) is 4.79 Å². The van der Waals surface area contributed by atoms with Gasteiger partial charge in [-0.05, 0) is 36.6 Å². The summed E-state index contributed by atoms with van der Waals surface area (Å²) in [6.07, 6.45) is 1.39. The van der Waals surface area contributed by atoms with Crippen LogP contribution in [-0.2, 0) is 17.8 Å². The second kappa shape index (κ2) is 8.64. The Morgan fingerprint density at radius 3 is 2.19 bits per heavy atom. The first-order valence-electron chi connectivity index (χ1n) is 9.19. The molecule has 1 heterocycles. The first-order chi connectivity index (χ1) is 12.6. The smallest absolute Gasteiger partial charge is 0.222 e. The van der Waals surface area contributed by atoms with Crippen LogP contribution in [0.4, 0.5) is 0 Å². The third-order valence-electron chi connectivity index (χ3n) is 4.96. The molecule has 1 amide bonds. The molecule has 4 heteroatoms. The fourth-order valence-corrected chi connectivity index (χ4v) is 3.26. The molecular formula is C22H25N3O. The van der Waals surface area contributed by atoms with Crippen LogP contribution in [0.5, 0.6) is 0 Å². The van der Waals surface area contributed by atoms with Gasteiger partial charge in [-0.25, -0.2) is 0 Å². The number of rotatable bonds is 5. The maximum atomic E-state index is 12.5. The van der Waals surface area contributed by atoms with E-state index in [4.69, 9.17) is 5.26 Å². The van der Waals surface area contributed by atoms with Crippen molar-refractivity contribution in [2.75, 3.05) is 26.2 Å². The van der Waals surface area contributed by atoms with E-state index in [0.29, 0.717) is 12.0 Å². The number of piperazine rings is 1. The molecule has 0 aliphatic carbocycles. The Kier molecular flexibility index (Phi) is 6.04. The molecule has 1 aliphatic rings. The number of hydrogen-bond donors (Lipinski definition) is 0. The topological polar surface area (TPSA) is 47.3 Å². The Hall–Kier alpha value is -2.64. The van der Waals surface area contributed by atoms with E-state index in [1.165, 1.54) is 16.7 Å². The van der Waals surface area contributed by atoms with Gasteiger partial charge in [-0.1, -0.05) is 42.0 Å². The van der Waals surface area contributed by atoms with Gasteiger partial charge in [-0.2, -0.15) is 5.26 Å². The molecule has 4 nitrogen and oxygen atoms in total. The first-order valence-corrected chi connectivity index (χ1v) is 9.19. The number of carbonyl (C=O) groups excluding carboxylic acids is 1. The predicted molar refractivity (Wildman–Crippen MR) is 103 cm³/mol. The van der Waals surface area contributed by atoms with E-state index in [0.717, 1.165) is 39.1 Å². The Morgan fingerprint density at radius 2 is 1.58 bits per heavy atom. The number of benzene rings is 2. The van der Waals surface area contributed by atoms with Gasteiger partial charge in [0.15, 0.2) is 0 Å². The van der Waals surface area contributed by atoms with Crippen molar-refractivity contribution in [1.82, 2.24) is 9.80 Å². The molecule has 1 aliphatic heterocycles. The van der Waals surface area contributed by atoms with Crippen LogP contribution < -0.4 is 0 Å². The quantitative estimate of drug-likeness (QED) is 0.835. The summed E-state index contributed by atoms with van der Waals surface area (Å²) in [6, 6.07) is 18.3. The van der Waals surface area contributed by atoms with Crippen LogP contribution in [0.15, 0.2) is 48.5 Å². The average Bonchev–Trinajstić information content (AvgIpc) is 2.68. The maximum Gasteiger partial charge on any atom is 0.222 e. The molecule has 2 aromatic rings. The molecule has 0 unspecified atom stereocenters. The van der Waals surface area contributed by atoms with Crippen LogP contribution in [0.3, 0.4) is 0 Å². The summed E-state index contributed by atoms with van der Waals surface area (Å²) in [7, 11) is 0. The molecule has 1 fully saturated rings. The second-order valence-corrected chi connectivity index (χ2v) is 6.95. The SMILES string of the molecule is Cc1ccc(CCC(=O)N2CCN(Cc3ccc(C#N)cc3)CC2)cc1. The summed E-state index contributed by atoms with van der Waals surface area (Å²) in [4.78, 5) is 16.8. The van der Waals surface area contributed by atoms with Gasteiger partial charge in [0.05, 0.1) is 11.6 Å². The molecule has 1 saturated heterocycles. The summed E-state index contributed by atoms with van der Waals surface area (Å²) in [5, 5.41) is 8.86. The Morgan fingerprint density at radius 1 is 0.962 bits per heavy atom. The van der Waals surface area contributed by atoms with E-state index in [1.807, 2.05) is 29.2 Å². The van der Waals surface area contributed by atoms with Gasteiger partial charge in [0.25, 0.3) is 0 Å². The lowest BCUT2D eigenvalue weighted by Crippen LogP contribution is -2.48. The second-order valence-electron chi connectivity index (χ2n) is 6.95. The van der Waals surface area contributed by atoms with Gasteiger partial charge in [-0.3, -0.25) is 9.69 Å². The minimum Gasteiger partial charge on any atom is -0.340 e. The molecule has 0 atom stereocenters. The van der Waals surface area contributed by atoms with Crippen molar-refractivity contribution in [2.45, 2.75) is 26.3 Å². The molecule has 0 N–H and O–H groups in total. The van der Waals surface area contributed by atoms with Gasteiger partial charge < -0.3 is 4.90 Å². The molecule has 0 bridgehead atoms. The molecule has 0 aromatic heterocycles. The highest BCUT2D eigenvalue weighted by Crippen LogP contribution is 2.12. The fourth-order valence-electron chi connectivity index (χ4n) is 3.26. The van der Waals surface area contributed by atoms with E-state index >= 15 is 0 Å². The van der Waals surface area contributed by atoms with Gasteiger partial charge >= 0.3 is 0 Å². The molecule has 2 aromatic carbocycles. The number of amides is 1. The zero-order chi connectivity index (χ0) is 18.4. The molecule has 134 valence electrons. The Balaban J connectivity index is 1.43. The van der Waals surface area contributed by atoms with Gasteiger partial charge in [-0.15, -0.1) is 0 Å². The van der Waals surface area contributed by atoms with E-state index in [2.05, 4.69) is 42.2 Å². The molecule has 26 heavy (non-hydrogen) atoms. The lowest BCUT2D eigenvalue weighted by Gasteiger charge is -2.34. The van der Waals surface area contributed by atoms with Crippen LogP contribution >= 0.6 is 0 Å². The van der Waals surface area contributed by atoms with Gasteiger partial charge in [0.1, 0.15) is 0 Å². The van der Waals surface area contributed by atoms with Crippen molar-refractivity contribution in [3.05, 3.63) is 70.8 Å². The van der Waals surface area contributed by atoms with Crippen molar-refractivity contribution in [2.24, 2.45) is 0 Å². The van der Waals surface area contributed by atoms with Crippen molar-refractivity contribution < 1.29 is 4.79 Å². The highest BCUT2D eigenvalue weighted by atomic mass is 16.2. The number of aryl methyl sites for hydroxylation is 2. The van der Waals surface area contributed by atoms with Crippen LogP contribution in [0.1, 0.15) is 28.7 Å². The number of hydrogen-bond acceptors (Lipinski definition) is 3. The maximum absolute atomic E-state index is 12.5. The molecular weight excluding hydrogens is 322 g/mol. The van der Waals surface area contributed by atoms with E-state index in [1.54, 1.807) is 0 Å². The molecule has 0 spiro atoms. The normalized spacial score (nSPS) is 14.8. The van der Waals surface area contributed by atoms with Crippen LogP contribution in [0, 0.1) is 18.3 Å². The number of nitriles is 1. The highest BCUT2D eigenvalue weighted by molar-refractivity contribution is 5.76. The zero-order valence-electron chi connectivity index (χ0n) is 15.3. The fraction of sp³-hybridized carbons (Fsp3) is 0.364. The monoisotopic (exact) mass is 347 g/mol. The number of carbonyl (C=O) groups is 1. The minimum atomic E-state index is 0.253. The molecule has 0 radical (unpaired) electrons. The third-order valence-corrected chi connectivity index (χ3v) is 4.96. The van der Waals surface area contributed by atoms with Crippen molar-refractivity contribution >= 4 is 5.91 Å². The van der Waals surface area contributed by atoms with Gasteiger partial charge in [0, 0.05) is 39.1 Å². The lowest BCUT2D eigenvalue weighted by molar-refractivity contribution is -0.133. The summed E-state index contributed by atoms with van der Waals surface area (Å²) in [5.41, 5.74) is 4.38. The molecule has 0 saturated carbocycles. The highest BCUT2D eigenvalue weighted by Gasteiger charge is 2.20. The predicted octanol–water partition coefficient (Wildman–Crippen LogP) is 3.14. The van der Waals surface area contributed by atoms with Crippen LogP contribution in [0.2, 0.25) is 0 Å². The van der Waals surface area contributed by atoms with Crippen LogP contribution in [-0.4, -0.2) is 41.9 Å². The first kappa shape index (κ1) is 18.2. The Labute approximate surface area is 155 Å². The van der Waals surface area contributed by atoms with Crippen molar-refractivity contribution in [3.63, 3.8) is 0 Å². The summed E-state index contributed by atoms with van der Waals surface area (Å²) in [6.45, 7) is 6.34. The third kappa shape index (κ3) is 4.93. The lowest BCUT2D eigenvalue weighted by atomic mass is 10.1. The standard InChI is InChI=1S/C22H25N3O/c1-18-2-4-19(5-3-18)10-11-22(26)25-14-12-24(13-15-25)17-21-8-6-20(16-23)7-9-21/h2-9H,10-15,17H2,1H3. The van der Waals surface area contributed by atoms with E-state index < -0.39 is 0 Å². The summed E-state index contributed by atoms with van der Waals surface area (Å²) >= 11 is 0. The Bertz CT molecular complexity index is 767. The molecule has 3 rings (SSSR count).